The normalized spacial score (nSPS) is 24.2. The monoisotopic (exact) mass is 363 g/mol. The summed E-state index contributed by atoms with van der Waals surface area (Å²) in [4.78, 5) is 0. The third-order valence-corrected chi connectivity index (χ3v) is 5.57. The molecular weight excluding hydrogens is 342 g/mol. The van der Waals surface area contributed by atoms with Crippen LogP contribution in [0.3, 0.4) is 0 Å². The average Bonchev–Trinajstić information content (AvgIpc) is 3.00. The SMILES string of the molecule is Oc1ccc2cc(-c3ccc(O[C@H]4CC5CC[C@H](C4)N5)nn3)c(O)cc2c1. The van der Waals surface area contributed by atoms with Gasteiger partial charge in [-0.05, 0) is 66.8 Å². The maximum Gasteiger partial charge on any atom is 0.233 e. The summed E-state index contributed by atoms with van der Waals surface area (Å²) in [6.07, 6.45) is 4.67. The highest BCUT2D eigenvalue weighted by molar-refractivity contribution is 5.90. The van der Waals surface area contributed by atoms with Gasteiger partial charge in [0.1, 0.15) is 17.6 Å². The molecule has 3 heterocycles. The molecule has 6 nitrogen and oxygen atoms in total. The molecule has 3 atom stereocenters. The van der Waals surface area contributed by atoms with E-state index in [2.05, 4.69) is 15.5 Å². The molecule has 3 N–H and O–H groups in total. The molecule has 2 aromatic carbocycles. The van der Waals surface area contributed by atoms with E-state index in [0.717, 1.165) is 23.6 Å². The second-order valence-corrected chi connectivity index (χ2v) is 7.51. The summed E-state index contributed by atoms with van der Waals surface area (Å²) in [7, 11) is 0. The van der Waals surface area contributed by atoms with Gasteiger partial charge < -0.3 is 20.3 Å². The van der Waals surface area contributed by atoms with Gasteiger partial charge in [-0.25, -0.2) is 0 Å². The molecule has 2 aliphatic rings. The van der Waals surface area contributed by atoms with Crippen molar-refractivity contribution in [2.45, 2.75) is 43.9 Å². The molecule has 138 valence electrons. The third kappa shape index (κ3) is 3.17. The van der Waals surface area contributed by atoms with E-state index in [-0.39, 0.29) is 17.6 Å². The minimum Gasteiger partial charge on any atom is -0.508 e. The molecule has 0 spiro atoms. The van der Waals surface area contributed by atoms with E-state index >= 15 is 0 Å². The van der Waals surface area contributed by atoms with E-state index in [1.165, 1.54) is 12.8 Å². The number of piperidine rings is 1. The van der Waals surface area contributed by atoms with Gasteiger partial charge >= 0.3 is 0 Å². The number of rotatable bonds is 3. The second-order valence-electron chi connectivity index (χ2n) is 7.51. The Balaban J connectivity index is 1.37. The van der Waals surface area contributed by atoms with Crippen LogP contribution in [0.5, 0.6) is 17.4 Å². The highest BCUT2D eigenvalue weighted by Gasteiger charge is 2.34. The van der Waals surface area contributed by atoms with Gasteiger partial charge in [0.15, 0.2) is 0 Å². The summed E-state index contributed by atoms with van der Waals surface area (Å²) in [6.45, 7) is 0. The first-order valence-corrected chi connectivity index (χ1v) is 9.36. The van der Waals surface area contributed by atoms with Gasteiger partial charge in [-0.3, -0.25) is 0 Å². The van der Waals surface area contributed by atoms with Crippen LogP contribution >= 0.6 is 0 Å². The molecule has 2 saturated heterocycles. The number of hydrogen-bond donors (Lipinski definition) is 3. The highest BCUT2D eigenvalue weighted by Crippen LogP contribution is 2.34. The maximum absolute atomic E-state index is 10.4. The Hall–Kier alpha value is -2.86. The molecule has 6 heteroatoms. The Morgan fingerprint density at radius 1 is 0.889 bits per heavy atom. The molecule has 0 radical (unpaired) electrons. The third-order valence-electron chi connectivity index (χ3n) is 5.57. The molecule has 0 aliphatic carbocycles. The number of fused-ring (bicyclic) bond motifs is 3. The van der Waals surface area contributed by atoms with Crippen LogP contribution in [0.4, 0.5) is 0 Å². The zero-order valence-electron chi connectivity index (χ0n) is 14.8. The topological polar surface area (TPSA) is 87.5 Å². The lowest BCUT2D eigenvalue weighted by Gasteiger charge is -2.28. The van der Waals surface area contributed by atoms with Crippen molar-refractivity contribution in [3.05, 3.63) is 42.5 Å². The van der Waals surface area contributed by atoms with Crippen LogP contribution in [0, 0.1) is 0 Å². The standard InChI is InChI=1S/C21H21N3O3/c25-16-4-1-12-8-18(20(26)9-13(12)7-16)19-5-6-21(24-23-19)27-17-10-14-2-3-15(11-17)22-14/h1,4-9,14-15,17,22,25-26H,2-3,10-11H2/t14-,15?,17-/m1/s1. The first kappa shape index (κ1) is 16.3. The first-order valence-electron chi connectivity index (χ1n) is 9.36. The summed E-state index contributed by atoms with van der Waals surface area (Å²) in [5.74, 6) is 0.795. The molecule has 27 heavy (non-hydrogen) atoms. The second kappa shape index (κ2) is 6.39. The quantitative estimate of drug-likeness (QED) is 0.661. The van der Waals surface area contributed by atoms with E-state index in [1.54, 1.807) is 18.2 Å². The Bertz CT molecular complexity index is 978. The number of aromatic hydroxyl groups is 2. The van der Waals surface area contributed by atoms with Crippen molar-refractivity contribution in [3.63, 3.8) is 0 Å². The van der Waals surface area contributed by atoms with Crippen LogP contribution in [0.1, 0.15) is 25.7 Å². The summed E-state index contributed by atoms with van der Waals surface area (Å²) in [5.41, 5.74) is 1.19. The fraction of sp³-hybridized carbons (Fsp3) is 0.333. The lowest BCUT2D eigenvalue weighted by Crippen LogP contribution is -2.42. The fourth-order valence-corrected chi connectivity index (χ4v) is 4.28. The Labute approximate surface area is 156 Å². The van der Waals surface area contributed by atoms with Gasteiger partial charge in [0.2, 0.25) is 5.88 Å². The number of hydrogen-bond acceptors (Lipinski definition) is 6. The van der Waals surface area contributed by atoms with Gasteiger partial charge in [-0.1, -0.05) is 6.07 Å². The predicted octanol–water partition coefficient (Wildman–Crippen LogP) is 3.37. The van der Waals surface area contributed by atoms with E-state index in [1.807, 2.05) is 24.3 Å². The smallest absolute Gasteiger partial charge is 0.233 e. The summed E-state index contributed by atoms with van der Waals surface area (Å²) in [5, 5.41) is 33.7. The number of phenolic OH excluding ortho intramolecular Hbond substituents is 2. The molecular formula is C21H21N3O3. The van der Waals surface area contributed by atoms with Crippen LogP contribution in [-0.4, -0.2) is 38.6 Å². The molecule has 1 unspecified atom stereocenters. The van der Waals surface area contributed by atoms with Gasteiger partial charge in [-0.2, -0.15) is 0 Å². The molecule has 0 amide bonds. The molecule has 2 aliphatic heterocycles. The average molecular weight is 363 g/mol. The van der Waals surface area contributed by atoms with Crippen molar-refractivity contribution < 1.29 is 14.9 Å². The van der Waals surface area contributed by atoms with E-state index < -0.39 is 0 Å². The highest BCUT2D eigenvalue weighted by atomic mass is 16.5. The van der Waals surface area contributed by atoms with Crippen molar-refractivity contribution >= 4 is 10.8 Å². The van der Waals surface area contributed by atoms with Crippen molar-refractivity contribution in [1.82, 2.24) is 15.5 Å². The molecule has 0 saturated carbocycles. The minimum absolute atomic E-state index is 0.103. The van der Waals surface area contributed by atoms with Crippen molar-refractivity contribution in [2.24, 2.45) is 0 Å². The first-order chi connectivity index (χ1) is 13.1. The van der Waals surface area contributed by atoms with Gasteiger partial charge in [-0.15, -0.1) is 10.2 Å². The number of benzene rings is 2. The number of aromatic nitrogens is 2. The fourth-order valence-electron chi connectivity index (χ4n) is 4.28. The zero-order valence-corrected chi connectivity index (χ0v) is 14.8. The van der Waals surface area contributed by atoms with Gasteiger partial charge in [0, 0.05) is 23.7 Å². The Morgan fingerprint density at radius 2 is 1.70 bits per heavy atom. The maximum atomic E-state index is 10.4. The summed E-state index contributed by atoms with van der Waals surface area (Å²) in [6, 6.07) is 13.3. The molecule has 3 aromatic rings. The zero-order chi connectivity index (χ0) is 18.4. The van der Waals surface area contributed by atoms with Crippen LogP contribution in [-0.2, 0) is 0 Å². The van der Waals surface area contributed by atoms with Crippen molar-refractivity contribution in [1.29, 1.82) is 0 Å². The Morgan fingerprint density at radius 3 is 2.44 bits per heavy atom. The molecule has 2 bridgehead atoms. The van der Waals surface area contributed by atoms with Crippen molar-refractivity contribution in [3.8, 4) is 28.6 Å². The van der Waals surface area contributed by atoms with E-state index in [0.29, 0.717) is 29.2 Å². The van der Waals surface area contributed by atoms with Crippen LogP contribution in [0.25, 0.3) is 22.0 Å². The lowest BCUT2D eigenvalue weighted by molar-refractivity contribution is 0.130. The number of ether oxygens (including phenoxy) is 1. The van der Waals surface area contributed by atoms with Gasteiger partial charge in [0.25, 0.3) is 0 Å². The molecule has 1 aromatic heterocycles. The molecule has 5 rings (SSSR count). The van der Waals surface area contributed by atoms with Crippen LogP contribution < -0.4 is 10.1 Å². The largest absolute Gasteiger partial charge is 0.508 e. The van der Waals surface area contributed by atoms with E-state index in [9.17, 15) is 10.2 Å². The number of nitrogens with zero attached hydrogens (tertiary/aromatic N) is 2. The van der Waals surface area contributed by atoms with Crippen LogP contribution in [0.2, 0.25) is 0 Å². The number of nitrogens with one attached hydrogen (secondary N) is 1. The summed E-state index contributed by atoms with van der Waals surface area (Å²) < 4.78 is 6.04. The minimum atomic E-state index is 0.103. The Kier molecular flexibility index (Phi) is 3.86. The van der Waals surface area contributed by atoms with Gasteiger partial charge in [0.05, 0.1) is 5.69 Å². The molecule has 2 fully saturated rings. The summed E-state index contributed by atoms with van der Waals surface area (Å²) >= 11 is 0. The van der Waals surface area contributed by atoms with E-state index in [4.69, 9.17) is 4.74 Å². The predicted molar refractivity (Wildman–Crippen MR) is 102 cm³/mol. The van der Waals surface area contributed by atoms with Crippen molar-refractivity contribution in [2.75, 3.05) is 0 Å². The number of phenols is 2. The van der Waals surface area contributed by atoms with Crippen LogP contribution in [0.15, 0.2) is 42.5 Å². The lowest BCUT2D eigenvalue weighted by atomic mass is 10.0.